The van der Waals surface area contributed by atoms with Gasteiger partial charge in [0, 0.05) is 18.9 Å². The summed E-state index contributed by atoms with van der Waals surface area (Å²) in [6.45, 7) is 5.89. The molecule has 1 aromatic carbocycles. The maximum Gasteiger partial charge on any atom is 0.328 e. The predicted octanol–water partition coefficient (Wildman–Crippen LogP) is 3.50. The molecule has 4 atom stereocenters. The van der Waals surface area contributed by atoms with E-state index in [1.807, 2.05) is 37.3 Å². The summed E-state index contributed by atoms with van der Waals surface area (Å²) >= 11 is 0. The number of aromatic hydroxyl groups is 1. The van der Waals surface area contributed by atoms with Gasteiger partial charge in [-0.15, -0.1) is 0 Å². The highest BCUT2D eigenvalue weighted by Gasteiger charge is 2.42. The van der Waals surface area contributed by atoms with E-state index in [2.05, 4.69) is 10.3 Å². The lowest BCUT2D eigenvalue weighted by Crippen LogP contribution is -2.48. The van der Waals surface area contributed by atoms with Crippen molar-refractivity contribution in [3.63, 3.8) is 0 Å². The molecule has 1 amide bonds. The van der Waals surface area contributed by atoms with Crippen LogP contribution in [0.4, 0.5) is 0 Å². The Balaban J connectivity index is 1.69. The van der Waals surface area contributed by atoms with Crippen LogP contribution in [-0.2, 0) is 14.3 Å². The Morgan fingerprint density at radius 3 is 2.51 bits per heavy atom. The number of pyridine rings is 1. The molecule has 0 aliphatic heterocycles. The maximum atomic E-state index is 12.9. The van der Waals surface area contributed by atoms with Crippen LogP contribution in [0.1, 0.15) is 50.5 Å². The van der Waals surface area contributed by atoms with Gasteiger partial charge in [0.25, 0.3) is 5.91 Å². The van der Waals surface area contributed by atoms with Crippen molar-refractivity contribution >= 4 is 11.9 Å². The smallest absolute Gasteiger partial charge is 0.328 e. The Labute approximate surface area is 205 Å². The Hall–Kier alpha value is -3.33. The Morgan fingerprint density at radius 2 is 1.89 bits per heavy atom. The van der Waals surface area contributed by atoms with E-state index in [-0.39, 0.29) is 17.5 Å². The number of aromatic nitrogens is 1. The zero-order valence-electron chi connectivity index (χ0n) is 20.6. The summed E-state index contributed by atoms with van der Waals surface area (Å²) in [6, 6.07) is 9.78. The molecule has 9 nitrogen and oxygen atoms in total. The third-order valence-electron chi connectivity index (χ3n) is 5.73. The highest BCUT2D eigenvalue weighted by Crippen LogP contribution is 2.38. The number of esters is 1. The number of benzene rings is 1. The molecule has 1 aliphatic carbocycles. The van der Waals surface area contributed by atoms with Crippen molar-refractivity contribution in [1.29, 1.82) is 0 Å². The number of rotatable bonds is 13. The molecule has 1 heterocycles. The number of nitrogens with zero attached hydrogens (tertiary/aromatic N) is 1. The van der Waals surface area contributed by atoms with Crippen LogP contribution in [0.3, 0.4) is 0 Å². The van der Waals surface area contributed by atoms with E-state index in [1.165, 1.54) is 26.3 Å². The minimum atomic E-state index is -0.995. The van der Waals surface area contributed by atoms with Crippen LogP contribution in [-0.4, -0.2) is 60.0 Å². The molecule has 1 fully saturated rings. The summed E-state index contributed by atoms with van der Waals surface area (Å²) in [6.07, 6.45) is 2.88. The van der Waals surface area contributed by atoms with E-state index in [1.54, 1.807) is 6.92 Å². The van der Waals surface area contributed by atoms with E-state index >= 15 is 0 Å². The Morgan fingerprint density at radius 1 is 1.17 bits per heavy atom. The molecule has 190 valence electrons. The quantitative estimate of drug-likeness (QED) is 0.413. The van der Waals surface area contributed by atoms with E-state index < -0.39 is 35.9 Å². The van der Waals surface area contributed by atoms with Gasteiger partial charge in [-0.1, -0.05) is 25.1 Å². The lowest BCUT2D eigenvalue weighted by atomic mass is 10.0. The second-order valence-corrected chi connectivity index (χ2v) is 8.62. The van der Waals surface area contributed by atoms with Crippen LogP contribution in [0.15, 0.2) is 42.6 Å². The minimum absolute atomic E-state index is 0.105. The first kappa shape index (κ1) is 26.3. The van der Waals surface area contributed by atoms with Gasteiger partial charge in [0.15, 0.2) is 23.3 Å². The molecule has 0 saturated heterocycles. The van der Waals surface area contributed by atoms with Crippen LogP contribution in [0.25, 0.3) is 0 Å². The highest BCUT2D eigenvalue weighted by molar-refractivity contribution is 5.97. The molecular weight excluding hydrogens is 452 g/mol. The van der Waals surface area contributed by atoms with Crippen molar-refractivity contribution < 1.29 is 33.6 Å². The molecule has 0 bridgehead atoms. The first-order chi connectivity index (χ1) is 16.8. The molecule has 1 aliphatic rings. The van der Waals surface area contributed by atoms with Crippen LogP contribution in [0, 0.1) is 5.92 Å². The Kier molecular flexibility index (Phi) is 9.31. The number of carbonyl (C=O) groups excluding carboxylic acids is 2. The zero-order valence-corrected chi connectivity index (χ0v) is 20.6. The molecule has 1 saturated carbocycles. The van der Waals surface area contributed by atoms with Crippen molar-refractivity contribution in [3.8, 4) is 17.2 Å². The molecule has 0 unspecified atom stereocenters. The number of amides is 1. The fourth-order valence-electron chi connectivity index (χ4n) is 3.71. The lowest BCUT2D eigenvalue weighted by molar-refractivity contribution is -0.161. The number of carbonyl (C=O) groups is 2. The number of methoxy groups -OCH3 is 1. The van der Waals surface area contributed by atoms with Crippen LogP contribution < -0.4 is 14.8 Å². The molecule has 1 aromatic heterocycles. The van der Waals surface area contributed by atoms with Gasteiger partial charge in [-0.05, 0) is 51.2 Å². The minimum Gasteiger partial charge on any atom is -0.503 e. The first-order valence-electron chi connectivity index (χ1n) is 11.9. The predicted molar refractivity (Wildman–Crippen MR) is 129 cm³/mol. The van der Waals surface area contributed by atoms with Gasteiger partial charge in [0.05, 0.1) is 7.11 Å². The molecule has 0 spiro atoms. The number of hydrogen-bond donors (Lipinski definition) is 2. The van der Waals surface area contributed by atoms with Gasteiger partial charge in [-0.2, -0.15) is 0 Å². The third-order valence-corrected chi connectivity index (χ3v) is 5.73. The zero-order chi connectivity index (χ0) is 25.4. The highest BCUT2D eigenvalue weighted by atomic mass is 16.6. The lowest BCUT2D eigenvalue weighted by Gasteiger charge is -2.32. The van der Waals surface area contributed by atoms with E-state index in [4.69, 9.17) is 18.9 Å². The van der Waals surface area contributed by atoms with Crippen LogP contribution >= 0.6 is 0 Å². The van der Waals surface area contributed by atoms with Crippen molar-refractivity contribution in [1.82, 2.24) is 10.3 Å². The van der Waals surface area contributed by atoms with Crippen LogP contribution in [0.2, 0.25) is 0 Å². The number of hydrogen-bond acceptors (Lipinski definition) is 8. The summed E-state index contributed by atoms with van der Waals surface area (Å²) in [5.41, 5.74) is -0.246. The fraction of sp³-hybridized carbons (Fsp3) is 0.500. The molecule has 0 radical (unpaired) electrons. The van der Waals surface area contributed by atoms with Gasteiger partial charge < -0.3 is 29.4 Å². The summed E-state index contributed by atoms with van der Waals surface area (Å²) < 4.78 is 23.1. The summed E-state index contributed by atoms with van der Waals surface area (Å²) in [7, 11) is 1.37. The van der Waals surface area contributed by atoms with E-state index in [0.717, 1.165) is 19.3 Å². The van der Waals surface area contributed by atoms with Gasteiger partial charge in [0.2, 0.25) is 0 Å². The second-order valence-electron chi connectivity index (χ2n) is 8.62. The number of ether oxygens (including phenoxy) is 4. The molecule has 2 N–H and O–H groups in total. The van der Waals surface area contributed by atoms with Crippen molar-refractivity contribution in [2.24, 2.45) is 5.92 Å². The largest absolute Gasteiger partial charge is 0.503 e. The molecule has 35 heavy (non-hydrogen) atoms. The van der Waals surface area contributed by atoms with Crippen LogP contribution in [0.5, 0.6) is 17.2 Å². The molecular formula is C26H34N2O7. The SMILES string of the molecule is CCCO[C@@H](C1CC1)[C@@H](Oc1ccccc1)[C@H](C)OC(=O)[C@H](C)NC(=O)c1nccc(OC)c1O. The monoisotopic (exact) mass is 486 g/mol. The summed E-state index contributed by atoms with van der Waals surface area (Å²) in [5.74, 6) is -0.661. The number of nitrogens with one attached hydrogen (secondary N) is 1. The summed E-state index contributed by atoms with van der Waals surface area (Å²) in [5, 5.41) is 12.7. The second kappa shape index (κ2) is 12.4. The van der Waals surface area contributed by atoms with Crippen molar-refractivity contribution in [2.75, 3.05) is 13.7 Å². The molecule has 3 rings (SSSR count). The fourth-order valence-corrected chi connectivity index (χ4v) is 3.71. The average molecular weight is 487 g/mol. The van der Waals surface area contributed by atoms with Gasteiger partial charge in [-0.25, -0.2) is 9.78 Å². The average Bonchev–Trinajstić information content (AvgIpc) is 3.69. The van der Waals surface area contributed by atoms with E-state index in [9.17, 15) is 14.7 Å². The van der Waals surface area contributed by atoms with Gasteiger partial charge >= 0.3 is 5.97 Å². The van der Waals surface area contributed by atoms with Crippen molar-refractivity contribution in [2.45, 2.75) is 64.4 Å². The normalized spacial score (nSPS) is 16.5. The maximum absolute atomic E-state index is 12.9. The summed E-state index contributed by atoms with van der Waals surface area (Å²) in [4.78, 5) is 29.3. The van der Waals surface area contributed by atoms with Gasteiger partial charge in [-0.3, -0.25) is 4.79 Å². The number of para-hydroxylation sites is 1. The Bertz CT molecular complexity index is 981. The third kappa shape index (κ3) is 7.08. The first-order valence-corrected chi connectivity index (χ1v) is 11.9. The topological polar surface area (TPSA) is 116 Å². The van der Waals surface area contributed by atoms with Gasteiger partial charge in [0.1, 0.15) is 24.0 Å². The van der Waals surface area contributed by atoms with E-state index in [0.29, 0.717) is 18.3 Å². The standard InChI is InChI=1S/C26H34N2O7/c1-5-15-33-24(18-11-12-18)23(35-19-9-7-6-8-10-19)17(3)34-26(31)16(2)28-25(30)21-22(29)20(32-4)13-14-27-21/h6-10,13-14,16-18,23-24,29H,5,11-12,15H2,1-4H3,(H,28,30)/t16-,17-,23-,24-/m0/s1. The molecule has 9 heteroatoms. The van der Waals surface area contributed by atoms with Crippen molar-refractivity contribution in [3.05, 3.63) is 48.3 Å². The molecule has 2 aromatic rings.